The zero-order valence-electron chi connectivity index (χ0n) is 17.7. The van der Waals surface area contributed by atoms with Crippen molar-refractivity contribution in [3.05, 3.63) is 65.7 Å². The fraction of sp³-hybridized carbons (Fsp3) is 0.348. The third kappa shape index (κ3) is 5.09. The van der Waals surface area contributed by atoms with Crippen molar-refractivity contribution in [1.29, 1.82) is 5.26 Å². The predicted octanol–water partition coefficient (Wildman–Crippen LogP) is 3.53. The van der Waals surface area contributed by atoms with E-state index in [0.717, 1.165) is 16.8 Å². The topological polar surface area (TPSA) is 83.8 Å². The third-order valence-electron chi connectivity index (χ3n) is 5.05. The molecule has 7 heteroatoms. The number of nitriles is 1. The standard InChI is InChI=1S/C23H28N6O/c1-17(2)26-23(30)29-14-13-28(15-21(29)19-10-5-4-6-11-19)22(25-16-24)27-20-12-8-7-9-18(20)3/h4-12,17,21H,13-15H2,1-3H3,(H,25,27)(H,26,30). The molecule has 1 saturated heterocycles. The van der Waals surface area contributed by atoms with E-state index < -0.39 is 0 Å². The maximum atomic E-state index is 12.8. The van der Waals surface area contributed by atoms with Crippen LogP contribution in [0.5, 0.6) is 0 Å². The first-order chi connectivity index (χ1) is 14.5. The summed E-state index contributed by atoms with van der Waals surface area (Å²) in [4.78, 5) is 21.4. The Morgan fingerprint density at radius 1 is 1.13 bits per heavy atom. The van der Waals surface area contributed by atoms with Crippen molar-refractivity contribution in [1.82, 2.24) is 20.4 Å². The average Bonchev–Trinajstić information content (AvgIpc) is 2.74. The van der Waals surface area contributed by atoms with Gasteiger partial charge >= 0.3 is 6.03 Å². The summed E-state index contributed by atoms with van der Waals surface area (Å²) >= 11 is 0. The molecule has 1 fully saturated rings. The molecule has 0 radical (unpaired) electrons. The fourth-order valence-corrected chi connectivity index (χ4v) is 3.54. The van der Waals surface area contributed by atoms with Crippen LogP contribution in [0.1, 0.15) is 31.0 Å². The molecule has 0 aliphatic carbocycles. The van der Waals surface area contributed by atoms with Crippen LogP contribution in [0.4, 0.5) is 10.5 Å². The van der Waals surface area contributed by atoms with Crippen LogP contribution in [0.15, 0.2) is 59.6 Å². The number of amides is 2. The zero-order chi connectivity index (χ0) is 21.5. The second-order valence-corrected chi connectivity index (χ2v) is 7.63. The Hall–Kier alpha value is -3.53. The second-order valence-electron chi connectivity index (χ2n) is 7.63. The lowest BCUT2D eigenvalue weighted by molar-refractivity contribution is 0.124. The zero-order valence-corrected chi connectivity index (χ0v) is 17.7. The molecule has 7 nitrogen and oxygen atoms in total. The van der Waals surface area contributed by atoms with Crippen LogP contribution in [0.2, 0.25) is 0 Å². The summed E-state index contributed by atoms with van der Waals surface area (Å²) in [5.41, 5.74) is 2.89. The van der Waals surface area contributed by atoms with Crippen molar-refractivity contribution in [2.75, 3.05) is 19.6 Å². The van der Waals surface area contributed by atoms with Crippen LogP contribution in [0.3, 0.4) is 0 Å². The Kier molecular flexibility index (Phi) is 6.91. The van der Waals surface area contributed by atoms with Crippen molar-refractivity contribution >= 4 is 17.7 Å². The molecule has 1 aliphatic rings. The molecule has 2 N–H and O–H groups in total. The van der Waals surface area contributed by atoms with Gasteiger partial charge in [0.1, 0.15) is 0 Å². The molecular formula is C23H28N6O. The number of carbonyl (C=O) groups excluding carboxylic acids is 1. The minimum Gasteiger partial charge on any atom is -0.338 e. The van der Waals surface area contributed by atoms with E-state index in [1.807, 2.05) is 91.4 Å². The van der Waals surface area contributed by atoms with Gasteiger partial charge in [-0.3, -0.25) is 5.32 Å². The summed E-state index contributed by atoms with van der Waals surface area (Å²) in [6.07, 6.45) is 2.00. The van der Waals surface area contributed by atoms with E-state index in [0.29, 0.717) is 25.6 Å². The van der Waals surface area contributed by atoms with E-state index in [2.05, 4.69) is 10.6 Å². The number of para-hydroxylation sites is 1. The lowest BCUT2D eigenvalue weighted by atomic mass is 10.0. The normalized spacial score (nSPS) is 16.9. The van der Waals surface area contributed by atoms with Crippen LogP contribution in [0, 0.1) is 18.4 Å². The second kappa shape index (κ2) is 9.79. The molecule has 2 aromatic rings. The Morgan fingerprint density at radius 2 is 1.83 bits per heavy atom. The van der Waals surface area contributed by atoms with Crippen LogP contribution in [0.25, 0.3) is 0 Å². The monoisotopic (exact) mass is 404 g/mol. The van der Waals surface area contributed by atoms with E-state index in [1.54, 1.807) is 0 Å². The number of carbonyl (C=O) groups is 1. The van der Waals surface area contributed by atoms with Crippen molar-refractivity contribution in [2.45, 2.75) is 32.9 Å². The first-order valence-electron chi connectivity index (χ1n) is 10.2. The van der Waals surface area contributed by atoms with Gasteiger partial charge in [0.05, 0.1) is 11.7 Å². The number of nitrogens with one attached hydrogen (secondary N) is 2. The number of rotatable bonds is 3. The minimum atomic E-state index is -0.152. The van der Waals surface area contributed by atoms with Gasteiger partial charge in [-0.2, -0.15) is 5.26 Å². The molecule has 2 amide bonds. The smallest absolute Gasteiger partial charge is 0.318 e. The average molecular weight is 405 g/mol. The van der Waals surface area contributed by atoms with Gasteiger partial charge in [-0.15, -0.1) is 0 Å². The Morgan fingerprint density at radius 3 is 2.50 bits per heavy atom. The molecule has 1 atom stereocenters. The summed E-state index contributed by atoms with van der Waals surface area (Å²) in [6, 6.07) is 17.6. The molecule has 0 spiro atoms. The van der Waals surface area contributed by atoms with Gasteiger partial charge in [0, 0.05) is 25.7 Å². The largest absolute Gasteiger partial charge is 0.338 e. The molecule has 1 heterocycles. The highest BCUT2D eigenvalue weighted by Gasteiger charge is 2.33. The van der Waals surface area contributed by atoms with Crippen molar-refractivity contribution in [3.8, 4) is 6.19 Å². The number of benzene rings is 2. The maximum absolute atomic E-state index is 12.8. The number of nitrogens with zero attached hydrogens (tertiary/aromatic N) is 4. The molecular weight excluding hydrogens is 376 g/mol. The van der Waals surface area contributed by atoms with E-state index in [4.69, 9.17) is 4.99 Å². The van der Waals surface area contributed by atoms with Gasteiger partial charge < -0.3 is 15.1 Å². The molecule has 30 heavy (non-hydrogen) atoms. The number of hydrogen-bond donors (Lipinski definition) is 2. The number of aryl methyl sites for hydroxylation is 1. The van der Waals surface area contributed by atoms with Crippen molar-refractivity contribution in [2.24, 2.45) is 4.99 Å². The summed E-state index contributed by atoms with van der Waals surface area (Å²) in [5.74, 6) is 0.497. The fourth-order valence-electron chi connectivity index (χ4n) is 3.54. The number of urea groups is 1. The van der Waals surface area contributed by atoms with Crippen LogP contribution in [-0.4, -0.2) is 47.5 Å². The summed E-state index contributed by atoms with van der Waals surface area (Å²) < 4.78 is 0. The van der Waals surface area contributed by atoms with Gasteiger partial charge in [-0.1, -0.05) is 48.5 Å². The molecule has 0 saturated carbocycles. The Bertz CT molecular complexity index is 934. The van der Waals surface area contributed by atoms with Gasteiger partial charge in [-0.25, -0.2) is 9.79 Å². The van der Waals surface area contributed by atoms with E-state index >= 15 is 0 Å². The van der Waals surface area contributed by atoms with Crippen LogP contribution >= 0.6 is 0 Å². The van der Waals surface area contributed by atoms with Crippen molar-refractivity contribution in [3.63, 3.8) is 0 Å². The van der Waals surface area contributed by atoms with E-state index in [-0.39, 0.29) is 18.1 Å². The highest BCUT2D eigenvalue weighted by molar-refractivity contribution is 5.85. The quantitative estimate of drug-likeness (QED) is 0.355. The molecule has 1 aliphatic heterocycles. The van der Waals surface area contributed by atoms with E-state index in [1.165, 1.54) is 0 Å². The number of hydrogen-bond acceptors (Lipinski definition) is 3. The van der Waals surface area contributed by atoms with Crippen LogP contribution in [-0.2, 0) is 0 Å². The highest BCUT2D eigenvalue weighted by Crippen LogP contribution is 2.26. The molecule has 156 valence electrons. The lowest BCUT2D eigenvalue weighted by Crippen LogP contribution is -2.57. The summed E-state index contributed by atoms with van der Waals surface area (Å²) in [7, 11) is 0. The molecule has 3 rings (SSSR count). The summed E-state index contributed by atoms with van der Waals surface area (Å²) in [5, 5.41) is 15.0. The SMILES string of the molecule is Cc1ccccc1N=C(NC#N)N1CCN(C(=O)NC(C)C)C(c2ccccc2)C1. The first-order valence-corrected chi connectivity index (χ1v) is 10.2. The maximum Gasteiger partial charge on any atom is 0.318 e. The van der Waals surface area contributed by atoms with E-state index in [9.17, 15) is 10.1 Å². The van der Waals surface area contributed by atoms with Crippen molar-refractivity contribution < 1.29 is 4.79 Å². The number of aliphatic imine (C=N–C) groups is 1. The minimum absolute atomic E-state index is 0.0605. The Balaban J connectivity index is 1.91. The van der Waals surface area contributed by atoms with Gasteiger partial charge in [0.2, 0.25) is 5.96 Å². The number of piperazine rings is 1. The highest BCUT2D eigenvalue weighted by atomic mass is 16.2. The first kappa shape index (κ1) is 21.2. The molecule has 2 aromatic carbocycles. The number of guanidine groups is 1. The van der Waals surface area contributed by atoms with Gasteiger partial charge in [0.15, 0.2) is 6.19 Å². The summed E-state index contributed by atoms with van der Waals surface area (Å²) in [6.45, 7) is 7.54. The Labute approximate surface area is 178 Å². The third-order valence-corrected chi connectivity index (χ3v) is 5.05. The van der Waals surface area contributed by atoms with Crippen LogP contribution < -0.4 is 10.6 Å². The molecule has 0 bridgehead atoms. The van der Waals surface area contributed by atoms with Gasteiger partial charge in [0.25, 0.3) is 0 Å². The predicted molar refractivity (Wildman–Crippen MR) is 118 cm³/mol. The lowest BCUT2D eigenvalue weighted by Gasteiger charge is -2.42. The van der Waals surface area contributed by atoms with Gasteiger partial charge in [-0.05, 0) is 38.0 Å². The molecule has 1 unspecified atom stereocenters. The molecule has 0 aromatic heterocycles.